The molecule has 39 heavy (non-hydrogen) atoms. The highest BCUT2D eigenvalue weighted by atomic mass is 16.3. The average Bonchev–Trinajstić information content (AvgIpc) is 3.53. The van der Waals surface area contributed by atoms with E-state index < -0.39 is 0 Å². The van der Waals surface area contributed by atoms with Crippen molar-refractivity contribution in [3.05, 3.63) is 140 Å². The average molecular weight is 501 g/mol. The fraction of sp³-hybridized carbons (Fsp3) is 0. The van der Waals surface area contributed by atoms with Crippen LogP contribution in [0.4, 0.5) is 11.4 Å². The normalized spacial score (nSPS) is 11.6. The number of nitrogens with zero attached hydrogens (tertiary/aromatic N) is 1. The molecule has 0 unspecified atom stereocenters. The van der Waals surface area contributed by atoms with Crippen molar-refractivity contribution in [1.29, 1.82) is 0 Å². The van der Waals surface area contributed by atoms with Gasteiger partial charge in [0, 0.05) is 44.7 Å². The number of fused-ring (bicyclic) bond motifs is 6. The number of hydrogen-bond donors (Lipinski definition) is 1. The molecule has 0 aliphatic rings. The molecule has 6 aromatic carbocycles. The summed E-state index contributed by atoms with van der Waals surface area (Å²) < 4.78 is 8.41. The fourth-order valence-corrected chi connectivity index (χ4v) is 5.72. The van der Waals surface area contributed by atoms with Crippen molar-refractivity contribution in [3.63, 3.8) is 0 Å². The molecule has 3 nitrogen and oxygen atoms in total. The van der Waals surface area contributed by atoms with E-state index in [0.29, 0.717) is 0 Å². The van der Waals surface area contributed by atoms with Gasteiger partial charge in [0.2, 0.25) is 0 Å². The van der Waals surface area contributed by atoms with Crippen molar-refractivity contribution in [2.24, 2.45) is 0 Å². The lowest BCUT2D eigenvalue weighted by Gasteiger charge is -2.09. The first-order valence-electron chi connectivity index (χ1n) is 13.2. The molecule has 1 N–H and O–H groups in total. The molecule has 0 radical (unpaired) electrons. The van der Waals surface area contributed by atoms with Crippen molar-refractivity contribution in [1.82, 2.24) is 4.57 Å². The number of anilines is 2. The largest absolute Gasteiger partial charge is 0.456 e. The lowest BCUT2D eigenvalue weighted by atomic mass is 10.0. The number of rotatable bonds is 4. The van der Waals surface area contributed by atoms with Gasteiger partial charge in [-0.05, 0) is 71.8 Å². The molecule has 0 amide bonds. The van der Waals surface area contributed by atoms with E-state index in [1.807, 2.05) is 18.2 Å². The van der Waals surface area contributed by atoms with Gasteiger partial charge in [0.05, 0.1) is 11.0 Å². The van der Waals surface area contributed by atoms with Crippen molar-refractivity contribution in [3.8, 4) is 16.8 Å². The molecule has 0 aliphatic heterocycles. The Labute approximate surface area is 225 Å². The number of benzene rings is 6. The Kier molecular flexibility index (Phi) is 4.82. The van der Waals surface area contributed by atoms with Crippen LogP contribution in [0.2, 0.25) is 0 Å². The third-order valence-electron chi connectivity index (χ3n) is 7.57. The predicted octanol–water partition coefficient (Wildman–Crippen LogP) is 10.1. The van der Waals surface area contributed by atoms with Crippen molar-refractivity contribution in [2.45, 2.75) is 0 Å². The highest BCUT2D eigenvalue weighted by molar-refractivity contribution is 6.10. The number of furan rings is 1. The molecule has 0 spiro atoms. The van der Waals surface area contributed by atoms with Gasteiger partial charge in [-0.3, -0.25) is 0 Å². The monoisotopic (exact) mass is 500 g/mol. The van der Waals surface area contributed by atoms with Crippen LogP contribution < -0.4 is 5.32 Å². The Hall–Kier alpha value is -5.28. The minimum absolute atomic E-state index is 0.890. The third-order valence-corrected chi connectivity index (χ3v) is 7.57. The van der Waals surface area contributed by atoms with Crippen LogP contribution in [0.5, 0.6) is 0 Å². The molecule has 2 heterocycles. The molecule has 0 fully saturated rings. The quantitative estimate of drug-likeness (QED) is 0.260. The summed E-state index contributed by atoms with van der Waals surface area (Å²) in [4.78, 5) is 0. The van der Waals surface area contributed by atoms with Crippen molar-refractivity contribution >= 4 is 55.1 Å². The summed E-state index contributed by atoms with van der Waals surface area (Å²) in [5, 5.41) is 8.33. The van der Waals surface area contributed by atoms with Crippen LogP contribution in [0.1, 0.15) is 0 Å². The van der Waals surface area contributed by atoms with E-state index in [-0.39, 0.29) is 0 Å². The maximum atomic E-state index is 6.06. The van der Waals surface area contributed by atoms with Crippen LogP contribution in [0, 0.1) is 0 Å². The molecule has 0 atom stereocenters. The second kappa shape index (κ2) is 8.64. The van der Waals surface area contributed by atoms with Crippen molar-refractivity contribution < 1.29 is 4.42 Å². The van der Waals surface area contributed by atoms with Gasteiger partial charge in [-0.1, -0.05) is 72.8 Å². The van der Waals surface area contributed by atoms with Gasteiger partial charge in [0.25, 0.3) is 0 Å². The summed E-state index contributed by atoms with van der Waals surface area (Å²) in [5.41, 5.74) is 9.84. The van der Waals surface area contributed by atoms with E-state index in [0.717, 1.165) is 33.3 Å². The topological polar surface area (TPSA) is 30.1 Å². The van der Waals surface area contributed by atoms with Gasteiger partial charge in [-0.15, -0.1) is 0 Å². The highest BCUT2D eigenvalue weighted by Crippen LogP contribution is 2.36. The zero-order valence-electron chi connectivity index (χ0n) is 21.1. The molecular weight excluding hydrogens is 476 g/mol. The molecule has 0 aliphatic carbocycles. The minimum Gasteiger partial charge on any atom is -0.456 e. The highest BCUT2D eigenvalue weighted by Gasteiger charge is 2.13. The molecule has 2 aromatic heterocycles. The Balaban J connectivity index is 1.13. The Morgan fingerprint density at radius 3 is 1.97 bits per heavy atom. The lowest BCUT2D eigenvalue weighted by molar-refractivity contribution is 0.669. The minimum atomic E-state index is 0.890. The summed E-state index contributed by atoms with van der Waals surface area (Å²) in [6.07, 6.45) is 0. The van der Waals surface area contributed by atoms with Crippen LogP contribution in [-0.2, 0) is 0 Å². The van der Waals surface area contributed by atoms with Crippen molar-refractivity contribution in [2.75, 3.05) is 5.32 Å². The summed E-state index contributed by atoms with van der Waals surface area (Å²) in [7, 11) is 0. The summed E-state index contributed by atoms with van der Waals surface area (Å²) >= 11 is 0. The van der Waals surface area contributed by atoms with Crippen LogP contribution in [-0.4, -0.2) is 4.57 Å². The van der Waals surface area contributed by atoms with E-state index in [4.69, 9.17) is 4.42 Å². The second-order valence-electron chi connectivity index (χ2n) is 9.93. The molecular formula is C36H24N2O. The first-order chi connectivity index (χ1) is 19.3. The maximum Gasteiger partial charge on any atom is 0.137 e. The molecule has 8 rings (SSSR count). The first-order valence-corrected chi connectivity index (χ1v) is 13.2. The number of hydrogen-bond acceptors (Lipinski definition) is 2. The fourth-order valence-electron chi connectivity index (χ4n) is 5.72. The van der Waals surface area contributed by atoms with Gasteiger partial charge in [-0.2, -0.15) is 0 Å². The van der Waals surface area contributed by atoms with Gasteiger partial charge >= 0.3 is 0 Å². The molecule has 0 saturated carbocycles. The standard InChI is InChI=1S/C36H24N2O/c1-2-8-28(9-3-1)38-33-12-6-4-10-29(33)32-22-25(16-21-34(32)38)24-14-17-26(18-15-24)37-27-19-20-31-30-11-5-7-13-35(30)39-36(31)23-27/h1-23,37H. The summed E-state index contributed by atoms with van der Waals surface area (Å²) in [5.74, 6) is 0. The van der Waals surface area contributed by atoms with Crippen LogP contribution >= 0.6 is 0 Å². The van der Waals surface area contributed by atoms with Gasteiger partial charge in [0.15, 0.2) is 0 Å². The molecule has 8 aromatic rings. The molecule has 3 heteroatoms. The molecule has 0 bridgehead atoms. The van der Waals surface area contributed by atoms with E-state index in [1.165, 1.54) is 38.6 Å². The number of nitrogens with one attached hydrogen (secondary N) is 1. The van der Waals surface area contributed by atoms with E-state index in [9.17, 15) is 0 Å². The van der Waals surface area contributed by atoms with Gasteiger partial charge in [0.1, 0.15) is 11.2 Å². The molecule has 184 valence electrons. The predicted molar refractivity (Wildman–Crippen MR) is 163 cm³/mol. The van der Waals surface area contributed by atoms with E-state index >= 15 is 0 Å². The number of para-hydroxylation sites is 3. The Morgan fingerprint density at radius 1 is 0.436 bits per heavy atom. The zero-order valence-corrected chi connectivity index (χ0v) is 21.1. The first kappa shape index (κ1) is 21.8. The van der Waals surface area contributed by atoms with Crippen LogP contribution in [0.3, 0.4) is 0 Å². The molecule has 0 saturated heterocycles. The number of aromatic nitrogens is 1. The van der Waals surface area contributed by atoms with Crippen LogP contribution in [0.25, 0.3) is 60.6 Å². The summed E-state index contributed by atoms with van der Waals surface area (Å²) in [6, 6.07) is 49.1. The van der Waals surface area contributed by atoms with E-state index in [1.54, 1.807) is 0 Å². The van der Waals surface area contributed by atoms with Gasteiger partial charge in [-0.25, -0.2) is 0 Å². The summed E-state index contributed by atoms with van der Waals surface area (Å²) in [6.45, 7) is 0. The Morgan fingerprint density at radius 2 is 1.10 bits per heavy atom. The Bertz CT molecular complexity index is 2130. The maximum absolute atomic E-state index is 6.06. The van der Waals surface area contributed by atoms with Gasteiger partial charge < -0.3 is 14.3 Å². The smallest absolute Gasteiger partial charge is 0.137 e. The third kappa shape index (κ3) is 3.59. The van der Waals surface area contributed by atoms with E-state index in [2.05, 4.69) is 131 Å². The second-order valence-corrected chi connectivity index (χ2v) is 9.93. The lowest BCUT2D eigenvalue weighted by Crippen LogP contribution is -1.92. The van der Waals surface area contributed by atoms with Crippen LogP contribution in [0.15, 0.2) is 144 Å². The zero-order chi connectivity index (χ0) is 25.8. The SMILES string of the molecule is c1ccc(-n2c3ccccc3c3cc(-c4ccc(Nc5ccc6c(c5)oc5ccccc56)cc4)ccc32)cc1.